The zero-order valence-corrected chi connectivity index (χ0v) is 15.5. The first-order valence-electron chi connectivity index (χ1n) is 8.71. The van der Waals surface area contributed by atoms with Gasteiger partial charge < -0.3 is 15.4 Å². The molecule has 28 heavy (non-hydrogen) atoms. The highest BCUT2D eigenvalue weighted by atomic mass is 16.5. The zero-order chi connectivity index (χ0) is 19.9. The van der Waals surface area contributed by atoms with Crippen LogP contribution in [-0.2, 0) is 0 Å². The Balaban J connectivity index is 1.60. The normalized spacial score (nSPS) is 10.2. The average molecular weight is 373 g/mol. The van der Waals surface area contributed by atoms with Crippen LogP contribution in [0.2, 0.25) is 0 Å². The number of nitrogens with zero attached hydrogens (tertiary/aromatic N) is 3. The second-order valence-electron chi connectivity index (χ2n) is 6.25. The van der Waals surface area contributed by atoms with Gasteiger partial charge in [0.15, 0.2) is 0 Å². The largest absolute Gasteiger partial charge is 0.491 e. The summed E-state index contributed by atoms with van der Waals surface area (Å²) in [6.45, 7) is 3.91. The average Bonchev–Trinajstić information content (AvgIpc) is 2.70. The molecule has 0 aliphatic carbocycles. The first-order chi connectivity index (χ1) is 13.5. The summed E-state index contributed by atoms with van der Waals surface area (Å²) >= 11 is 0. The van der Waals surface area contributed by atoms with Gasteiger partial charge >= 0.3 is 0 Å². The van der Waals surface area contributed by atoms with Crippen LogP contribution in [0.25, 0.3) is 0 Å². The lowest BCUT2D eigenvalue weighted by atomic mass is 10.2. The Bertz CT molecular complexity index is 975. The van der Waals surface area contributed by atoms with Gasteiger partial charge in [-0.15, -0.1) is 0 Å². The van der Waals surface area contributed by atoms with Crippen molar-refractivity contribution in [2.24, 2.45) is 0 Å². The monoisotopic (exact) mass is 373 g/mol. The highest BCUT2D eigenvalue weighted by molar-refractivity contribution is 6.03. The summed E-state index contributed by atoms with van der Waals surface area (Å²) in [5, 5.41) is 14.6. The number of rotatable bonds is 6. The molecule has 3 rings (SSSR count). The summed E-state index contributed by atoms with van der Waals surface area (Å²) in [5.41, 5.74) is 2.32. The van der Waals surface area contributed by atoms with Crippen molar-refractivity contribution in [3.63, 3.8) is 0 Å². The first kappa shape index (κ1) is 18.9. The molecule has 0 saturated carbocycles. The van der Waals surface area contributed by atoms with E-state index in [1.54, 1.807) is 48.5 Å². The molecule has 1 amide bonds. The third-order valence-electron chi connectivity index (χ3n) is 3.67. The molecule has 0 unspecified atom stereocenters. The van der Waals surface area contributed by atoms with Crippen LogP contribution < -0.4 is 15.4 Å². The zero-order valence-electron chi connectivity index (χ0n) is 15.5. The smallest absolute Gasteiger partial charge is 0.258 e. The van der Waals surface area contributed by atoms with E-state index in [9.17, 15) is 4.79 Å². The molecule has 0 bridgehead atoms. The fraction of sp³-hybridized carbons (Fsp3) is 0.143. The lowest BCUT2D eigenvalue weighted by molar-refractivity contribution is 0.102. The maximum atomic E-state index is 12.3. The van der Waals surface area contributed by atoms with E-state index in [1.165, 1.54) is 12.4 Å². The Kier molecular flexibility index (Phi) is 5.82. The first-order valence-corrected chi connectivity index (χ1v) is 8.71. The van der Waals surface area contributed by atoms with Crippen molar-refractivity contribution in [3.8, 4) is 11.8 Å². The molecule has 2 N–H and O–H groups in total. The van der Waals surface area contributed by atoms with Crippen LogP contribution in [0.15, 0.2) is 60.9 Å². The standard InChI is InChI=1S/C21H19N5O2/c1-14(2)28-19-9-7-17(8-10-19)25-20(27)16-12-23-21(24-13-16)26-18-5-3-15(11-22)4-6-18/h3-10,12-14H,1-2H3,(H,25,27)(H,23,24,26). The van der Waals surface area contributed by atoms with Gasteiger partial charge in [-0.1, -0.05) is 0 Å². The van der Waals surface area contributed by atoms with Crippen molar-refractivity contribution in [2.45, 2.75) is 20.0 Å². The van der Waals surface area contributed by atoms with Crippen molar-refractivity contribution in [3.05, 3.63) is 72.1 Å². The SMILES string of the molecule is CC(C)Oc1ccc(NC(=O)c2cnc(Nc3ccc(C#N)cc3)nc2)cc1. The van der Waals surface area contributed by atoms with Crippen LogP contribution in [0.5, 0.6) is 5.75 Å². The molecule has 0 spiro atoms. The third-order valence-corrected chi connectivity index (χ3v) is 3.67. The van der Waals surface area contributed by atoms with Gasteiger partial charge in [0.1, 0.15) is 5.75 Å². The molecule has 2 aromatic carbocycles. The van der Waals surface area contributed by atoms with Crippen LogP contribution >= 0.6 is 0 Å². The molecule has 1 aromatic heterocycles. The predicted molar refractivity (Wildman–Crippen MR) is 107 cm³/mol. The fourth-order valence-corrected chi connectivity index (χ4v) is 2.36. The van der Waals surface area contributed by atoms with E-state index in [2.05, 4.69) is 26.7 Å². The minimum absolute atomic E-state index is 0.0917. The third kappa shape index (κ3) is 5.05. The van der Waals surface area contributed by atoms with Gasteiger partial charge in [0.05, 0.1) is 23.3 Å². The molecule has 7 heteroatoms. The van der Waals surface area contributed by atoms with E-state index in [4.69, 9.17) is 10.00 Å². The Hall–Kier alpha value is -3.92. The van der Waals surface area contributed by atoms with Gasteiger partial charge in [0.25, 0.3) is 5.91 Å². The summed E-state index contributed by atoms with van der Waals surface area (Å²) in [5.74, 6) is 0.799. The number of anilines is 3. The molecule has 7 nitrogen and oxygen atoms in total. The number of carbonyl (C=O) groups excluding carboxylic acids is 1. The van der Waals surface area contributed by atoms with Crippen LogP contribution in [0.3, 0.4) is 0 Å². The number of benzene rings is 2. The second kappa shape index (κ2) is 8.64. The number of nitriles is 1. The fourth-order valence-electron chi connectivity index (χ4n) is 2.36. The number of hydrogen-bond donors (Lipinski definition) is 2. The summed E-state index contributed by atoms with van der Waals surface area (Å²) in [7, 11) is 0. The summed E-state index contributed by atoms with van der Waals surface area (Å²) in [6, 6.07) is 16.1. The van der Waals surface area contributed by atoms with Crippen LogP contribution in [0.4, 0.5) is 17.3 Å². The minimum Gasteiger partial charge on any atom is -0.491 e. The van der Waals surface area contributed by atoms with Gasteiger partial charge in [-0.3, -0.25) is 4.79 Å². The lowest BCUT2D eigenvalue weighted by Crippen LogP contribution is -2.13. The number of amides is 1. The van der Waals surface area contributed by atoms with Gasteiger partial charge in [-0.05, 0) is 62.4 Å². The van der Waals surface area contributed by atoms with Crippen molar-refractivity contribution in [1.82, 2.24) is 9.97 Å². The highest BCUT2D eigenvalue weighted by Gasteiger charge is 2.08. The molecular formula is C21H19N5O2. The van der Waals surface area contributed by atoms with E-state index in [1.807, 2.05) is 13.8 Å². The number of ether oxygens (including phenoxy) is 1. The van der Waals surface area contributed by atoms with Gasteiger partial charge in [-0.25, -0.2) is 9.97 Å². The predicted octanol–water partition coefficient (Wildman–Crippen LogP) is 4.13. The van der Waals surface area contributed by atoms with Crippen LogP contribution in [-0.4, -0.2) is 22.0 Å². The molecule has 3 aromatic rings. The summed E-state index contributed by atoms with van der Waals surface area (Å²) in [4.78, 5) is 20.7. The maximum absolute atomic E-state index is 12.3. The highest BCUT2D eigenvalue weighted by Crippen LogP contribution is 2.18. The Morgan fingerprint density at radius 3 is 2.18 bits per heavy atom. The maximum Gasteiger partial charge on any atom is 0.258 e. The van der Waals surface area contributed by atoms with Crippen molar-refractivity contribution in [2.75, 3.05) is 10.6 Å². The molecule has 0 fully saturated rings. The quantitative estimate of drug-likeness (QED) is 0.674. The van der Waals surface area contributed by atoms with Gasteiger partial charge in [0.2, 0.25) is 5.95 Å². The number of aromatic nitrogens is 2. The van der Waals surface area contributed by atoms with E-state index in [0.29, 0.717) is 22.8 Å². The van der Waals surface area contributed by atoms with Crippen LogP contribution in [0.1, 0.15) is 29.8 Å². The van der Waals surface area contributed by atoms with Crippen molar-refractivity contribution in [1.29, 1.82) is 5.26 Å². The van der Waals surface area contributed by atoms with Crippen molar-refractivity contribution < 1.29 is 9.53 Å². The number of carbonyl (C=O) groups is 1. The molecular weight excluding hydrogens is 354 g/mol. The van der Waals surface area contributed by atoms with E-state index in [0.717, 1.165) is 11.4 Å². The molecule has 1 heterocycles. The molecule has 0 atom stereocenters. The van der Waals surface area contributed by atoms with E-state index in [-0.39, 0.29) is 12.0 Å². The van der Waals surface area contributed by atoms with Gasteiger partial charge in [-0.2, -0.15) is 5.26 Å². The second-order valence-corrected chi connectivity index (χ2v) is 6.25. The van der Waals surface area contributed by atoms with Gasteiger partial charge in [0, 0.05) is 23.8 Å². The van der Waals surface area contributed by atoms with Crippen LogP contribution in [0, 0.1) is 11.3 Å². The number of nitrogens with one attached hydrogen (secondary N) is 2. The van der Waals surface area contributed by atoms with E-state index < -0.39 is 0 Å². The Labute approximate surface area is 163 Å². The molecule has 0 aliphatic rings. The minimum atomic E-state index is -0.303. The molecule has 0 saturated heterocycles. The molecule has 0 radical (unpaired) electrons. The Morgan fingerprint density at radius 2 is 1.61 bits per heavy atom. The van der Waals surface area contributed by atoms with E-state index >= 15 is 0 Å². The molecule has 140 valence electrons. The molecule has 0 aliphatic heterocycles. The Morgan fingerprint density at radius 1 is 1.00 bits per heavy atom. The topological polar surface area (TPSA) is 99.9 Å². The summed E-state index contributed by atoms with van der Waals surface area (Å²) < 4.78 is 5.58. The summed E-state index contributed by atoms with van der Waals surface area (Å²) in [6.07, 6.45) is 2.99. The van der Waals surface area contributed by atoms with Crippen molar-refractivity contribution >= 4 is 23.2 Å². The number of hydrogen-bond acceptors (Lipinski definition) is 6. The lowest BCUT2D eigenvalue weighted by Gasteiger charge is -2.10.